The van der Waals surface area contributed by atoms with Gasteiger partial charge in [-0.25, -0.2) is 5.43 Å². The fraction of sp³-hybridized carbons (Fsp3) is 0.143. The third kappa shape index (κ3) is 5.11. The number of hydrazone groups is 1. The van der Waals surface area contributed by atoms with Crippen LogP contribution in [0.5, 0.6) is 5.75 Å². The number of benzene rings is 2. The van der Waals surface area contributed by atoms with Crippen molar-refractivity contribution in [1.82, 2.24) is 9.99 Å². The van der Waals surface area contributed by atoms with Crippen LogP contribution in [-0.4, -0.2) is 23.3 Å². The van der Waals surface area contributed by atoms with Crippen molar-refractivity contribution >= 4 is 44.0 Å². The number of carbonyl (C=O) groups is 1. The maximum atomic E-state index is 11.9. The summed E-state index contributed by atoms with van der Waals surface area (Å²) in [5.74, 6) is 0.307. The Morgan fingerprint density at radius 2 is 1.68 bits per heavy atom. The van der Waals surface area contributed by atoms with Crippen LogP contribution in [0.1, 0.15) is 17.0 Å². The number of hydrogen-bond donors (Lipinski definition) is 1. The summed E-state index contributed by atoms with van der Waals surface area (Å²) in [6, 6.07) is 17.4. The molecular formula is C21H19Br2N3O2. The molecule has 28 heavy (non-hydrogen) atoms. The van der Waals surface area contributed by atoms with Crippen molar-refractivity contribution in [2.75, 3.05) is 6.61 Å². The lowest BCUT2D eigenvalue weighted by molar-refractivity contribution is -0.123. The van der Waals surface area contributed by atoms with E-state index in [1.807, 2.05) is 56.3 Å². The quantitative estimate of drug-likeness (QED) is 0.373. The molecule has 0 aliphatic rings. The molecule has 0 aliphatic carbocycles. The van der Waals surface area contributed by atoms with Gasteiger partial charge in [-0.2, -0.15) is 5.10 Å². The smallest absolute Gasteiger partial charge is 0.277 e. The van der Waals surface area contributed by atoms with E-state index in [-0.39, 0.29) is 12.5 Å². The molecule has 0 bridgehead atoms. The first-order valence-electron chi connectivity index (χ1n) is 8.59. The van der Waals surface area contributed by atoms with E-state index in [4.69, 9.17) is 4.74 Å². The topological polar surface area (TPSA) is 55.6 Å². The molecule has 5 nitrogen and oxygen atoms in total. The van der Waals surface area contributed by atoms with Gasteiger partial charge in [0.1, 0.15) is 5.75 Å². The van der Waals surface area contributed by atoms with Gasteiger partial charge < -0.3 is 9.30 Å². The standard InChI is InChI=1S/C21H19Br2N3O2/c1-14-11-16(15(2)26(14)19-7-3-17(22)4-8-19)12-24-25-21(27)13-28-20-9-5-18(23)6-10-20/h3-12H,13H2,1-2H3,(H,25,27)/b24-12-. The van der Waals surface area contributed by atoms with Gasteiger partial charge in [0.05, 0.1) is 6.21 Å². The molecule has 2 aromatic carbocycles. The van der Waals surface area contributed by atoms with Crippen LogP contribution in [-0.2, 0) is 4.79 Å². The largest absolute Gasteiger partial charge is 0.484 e. The Kier molecular flexibility index (Phi) is 6.70. The minimum Gasteiger partial charge on any atom is -0.484 e. The molecule has 0 saturated heterocycles. The molecule has 0 unspecified atom stereocenters. The lowest BCUT2D eigenvalue weighted by atomic mass is 10.2. The fourth-order valence-electron chi connectivity index (χ4n) is 2.79. The van der Waals surface area contributed by atoms with E-state index in [1.54, 1.807) is 18.3 Å². The van der Waals surface area contributed by atoms with E-state index >= 15 is 0 Å². The minimum absolute atomic E-state index is 0.100. The van der Waals surface area contributed by atoms with Crippen molar-refractivity contribution in [3.05, 3.63) is 80.5 Å². The lowest BCUT2D eigenvalue weighted by Crippen LogP contribution is -2.24. The lowest BCUT2D eigenvalue weighted by Gasteiger charge is -2.09. The first-order chi connectivity index (χ1) is 13.4. The second kappa shape index (κ2) is 9.21. The number of halogens is 2. The molecule has 0 saturated carbocycles. The number of nitrogens with zero attached hydrogens (tertiary/aromatic N) is 2. The number of amides is 1. The molecule has 144 valence electrons. The maximum absolute atomic E-state index is 11.9. The summed E-state index contributed by atoms with van der Waals surface area (Å²) in [5, 5.41) is 4.06. The molecule has 3 aromatic rings. The van der Waals surface area contributed by atoms with Crippen LogP contribution >= 0.6 is 31.9 Å². The van der Waals surface area contributed by atoms with E-state index in [2.05, 4.69) is 47.0 Å². The molecule has 1 aromatic heterocycles. The summed E-state index contributed by atoms with van der Waals surface area (Å²) in [6.45, 7) is 3.96. The summed E-state index contributed by atoms with van der Waals surface area (Å²) < 4.78 is 9.56. The average Bonchev–Trinajstić information content (AvgIpc) is 2.96. The van der Waals surface area contributed by atoms with Crippen LogP contribution in [0.25, 0.3) is 5.69 Å². The Bertz CT molecular complexity index is 994. The molecule has 1 N–H and O–H groups in total. The van der Waals surface area contributed by atoms with Gasteiger partial charge in [-0.1, -0.05) is 31.9 Å². The number of rotatable bonds is 6. The minimum atomic E-state index is -0.319. The Balaban J connectivity index is 1.61. The summed E-state index contributed by atoms with van der Waals surface area (Å²) in [4.78, 5) is 11.9. The second-order valence-corrected chi connectivity index (χ2v) is 8.01. The fourth-order valence-corrected chi connectivity index (χ4v) is 3.32. The van der Waals surface area contributed by atoms with E-state index in [1.165, 1.54) is 0 Å². The molecule has 0 radical (unpaired) electrons. The van der Waals surface area contributed by atoms with E-state index in [0.29, 0.717) is 5.75 Å². The van der Waals surface area contributed by atoms with Gasteiger partial charge in [-0.15, -0.1) is 0 Å². The highest BCUT2D eigenvalue weighted by Gasteiger charge is 2.09. The monoisotopic (exact) mass is 503 g/mol. The van der Waals surface area contributed by atoms with E-state index in [0.717, 1.165) is 31.6 Å². The van der Waals surface area contributed by atoms with Crippen molar-refractivity contribution in [2.45, 2.75) is 13.8 Å². The third-order valence-electron chi connectivity index (χ3n) is 4.13. The normalized spacial score (nSPS) is 11.0. The highest BCUT2D eigenvalue weighted by atomic mass is 79.9. The molecule has 0 atom stereocenters. The zero-order chi connectivity index (χ0) is 20.1. The predicted molar refractivity (Wildman–Crippen MR) is 118 cm³/mol. The van der Waals surface area contributed by atoms with Crippen molar-refractivity contribution in [1.29, 1.82) is 0 Å². The van der Waals surface area contributed by atoms with Gasteiger partial charge in [0.2, 0.25) is 0 Å². The second-order valence-electron chi connectivity index (χ2n) is 6.17. The predicted octanol–water partition coefficient (Wildman–Crippen LogP) is 5.15. The summed E-state index contributed by atoms with van der Waals surface area (Å²) in [5.41, 5.74) is 6.64. The van der Waals surface area contributed by atoms with E-state index < -0.39 is 0 Å². The van der Waals surface area contributed by atoms with Crippen molar-refractivity contribution < 1.29 is 9.53 Å². The van der Waals surface area contributed by atoms with Crippen LogP contribution in [0.3, 0.4) is 0 Å². The summed E-state index contributed by atoms with van der Waals surface area (Å²) >= 11 is 6.81. The number of ether oxygens (including phenoxy) is 1. The first kappa shape index (κ1) is 20.4. The van der Waals surface area contributed by atoms with Crippen LogP contribution in [0, 0.1) is 13.8 Å². The van der Waals surface area contributed by atoms with Gasteiger partial charge in [0.25, 0.3) is 5.91 Å². The van der Waals surface area contributed by atoms with Crippen LogP contribution in [0.2, 0.25) is 0 Å². The van der Waals surface area contributed by atoms with Gasteiger partial charge in [-0.05, 0) is 68.4 Å². The average molecular weight is 505 g/mol. The number of nitrogens with one attached hydrogen (secondary N) is 1. The zero-order valence-corrected chi connectivity index (χ0v) is 18.6. The molecule has 1 heterocycles. The molecule has 0 aliphatic heterocycles. The highest BCUT2D eigenvalue weighted by molar-refractivity contribution is 9.10. The molecular weight excluding hydrogens is 486 g/mol. The Morgan fingerprint density at radius 1 is 1.07 bits per heavy atom. The number of carbonyl (C=O) groups excluding carboxylic acids is 1. The Hall–Kier alpha value is -2.38. The van der Waals surface area contributed by atoms with Crippen molar-refractivity contribution in [3.63, 3.8) is 0 Å². The molecule has 7 heteroatoms. The van der Waals surface area contributed by atoms with Crippen molar-refractivity contribution in [2.24, 2.45) is 5.10 Å². The van der Waals surface area contributed by atoms with Gasteiger partial charge in [0.15, 0.2) is 6.61 Å². The Morgan fingerprint density at radius 3 is 2.32 bits per heavy atom. The van der Waals surface area contributed by atoms with Gasteiger partial charge in [0, 0.05) is 31.6 Å². The number of aromatic nitrogens is 1. The third-order valence-corrected chi connectivity index (χ3v) is 5.19. The summed E-state index contributed by atoms with van der Waals surface area (Å²) in [7, 11) is 0. The van der Waals surface area contributed by atoms with Crippen molar-refractivity contribution in [3.8, 4) is 11.4 Å². The first-order valence-corrected chi connectivity index (χ1v) is 10.2. The molecule has 0 spiro atoms. The molecule has 0 fully saturated rings. The van der Waals surface area contributed by atoms with Gasteiger partial charge in [-0.3, -0.25) is 4.79 Å². The van der Waals surface area contributed by atoms with Crippen LogP contribution in [0.4, 0.5) is 0 Å². The Labute approximate surface area is 180 Å². The maximum Gasteiger partial charge on any atom is 0.277 e. The molecule has 3 rings (SSSR count). The van der Waals surface area contributed by atoms with Gasteiger partial charge >= 0.3 is 0 Å². The molecule has 1 amide bonds. The zero-order valence-electron chi connectivity index (χ0n) is 15.4. The van der Waals surface area contributed by atoms with Crippen LogP contribution in [0.15, 0.2) is 68.6 Å². The van der Waals surface area contributed by atoms with E-state index in [9.17, 15) is 4.79 Å². The summed E-state index contributed by atoms with van der Waals surface area (Å²) in [6.07, 6.45) is 1.65. The number of hydrogen-bond acceptors (Lipinski definition) is 3. The SMILES string of the molecule is Cc1cc(/C=N\NC(=O)COc2ccc(Br)cc2)c(C)n1-c1ccc(Br)cc1. The van der Waals surface area contributed by atoms with Crippen LogP contribution < -0.4 is 10.2 Å². The number of aryl methyl sites for hydroxylation is 1. The highest BCUT2D eigenvalue weighted by Crippen LogP contribution is 2.21.